The zero-order chi connectivity index (χ0) is 22.8. The van der Waals surface area contributed by atoms with Crippen molar-refractivity contribution in [2.75, 3.05) is 6.54 Å². The number of carbonyl (C=O) groups is 1. The number of rotatable bonds is 6. The molecule has 4 atom stereocenters. The van der Waals surface area contributed by atoms with Crippen molar-refractivity contribution in [1.82, 2.24) is 9.88 Å². The van der Waals surface area contributed by atoms with Gasteiger partial charge in [0.25, 0.3) is 0 Å². The van der Waals surface area contributed by atoms with Crippen molar-refractivity contribution in [3.05, 3.63) is 71.4 Å². The van der Waals surface area contributed by atoms with Gasteiger partial charge in [0, 0.05) is 42.0 Å². The number of piperidine rings is 1. The number of aromatic amines is 1. The van der Waals surface area contributed by atoms with Gasteiger partial charge in [-0.25, -0.2) is 8.78 Å². The third-order valence-corrected chi connectivity index (χ3v) is 7.35. The predicted octanol–water partition coefficient (Wildman–Crippen LogP) is 6.64. The number of amides is 1. The molecule has 170 valence electrons. The summed E-state index contributed by atoms with van der Waals surface area (Å²) < 4.78 is 28.4. The number of benzene rings is 2. The number of aromatic nitrogens is 1. The van der Waals surface area contributed by atoms with Gasteiger partial charge in [-0.05, 0) is 60.1 Å². The zero-order valence-corrected chi connectivity index (χ0v) is 19.1. The number of nitrogens with zero attached hydrogens (tertiary/aromatic N) is 1. The number of nitrogens with one attached hydrogen (secondary N) is 1. The van der Waals surface area contributed by atoms with Gasteiger partial charge in [-0.15, -0.1) is 0 Å². The van der Waals surface area contributed by atoms with Gasteiger partial charge >= 0.3 is 0 Å². The van der Waals surface area contributed by atoms with E-state index in [9.17, 15) is 13.6 Å². The molecule has 0 bridgehead atoms. The first-order valence-corrected chi connectivity index (χ1v) is 11.7. The summed E-state index contributed by atoms with van der Waals surface area (Å²) in [5.74, 6) is 0.120. The SMILES string of the molecule is CCCC1C(C)C(C)CCN1C(=O)CC(c1ccc(F)cc1)c1c[nH]c2cccc(F)c12. The molecule has 1 aliphatic heterocycles. The molecule has 1 N–H and O–H groups in total. The van der Waals surface area contributed by atoms with Crippen molar-refractivity contribution < 1.29 is 13.6 Å². The fourth-order valence-corrected chi connectivity index (χ4v) is 5.29. The summed E-state index contributed by atoms with van der Waals surface area (Å²) in [7, 11) is 0. The van der Waals surface area contributed by atoms with E-state index < -0.39 is 0 Å². The van der Waals surface area contributed by atoms with Crippen molar-refractivity contribution in [3.8, 4) is 0 Å². The molecule has 0 saturated carbocycles. The van der Waals surface area contributed by atoms with Crippen LogP contribution in [-0.4, -0.2) is 28.4 Å². The maximum Gasteiger partial charge on any atom is 0.223 e. The Bertz CT molecular complexity index is 1070. The minimum Gasteiger partial charge on any atom is -0.361 e. The average Bonchev–Trinajstić information content (AvgIpc) is 3.21. The van der Waals surface area contributed by atoms with E-state index >= 15 is 0 Å². The third-order valence-electron chi connectivity index (χ3n) is 7.35. The highest BCUT2D eigenvalue weighted by Gasteiger charge is 2.36. The lowest BCUT2D eigenvalue weighted by Crippen LogP contribution is -2.50. The van der Waals surface area contributed by atoms with Gasteiger partial charge in [-0.3, -0.25) is 4.79 Å². The van der Waals surface area contributed by atoms with Crippen molar-refractivity contribution in [3.63, 3.8) is 0 Å². The Labute approximate surface area is 188 Å². The first kappa shape index (κ1) is 22.5. The Morgan fingerprint density at radius 2 is 1.91 bits per heavy atom. The summed E-state index contributed by atoms with van der Waals surface area (Å²) >= 11 is 0. The normalized spacial score (nSPS) is 22.3. The largest absolute Gasteiger partial charge is 0.361 e. The summed E-state index contributed by atoms with van der Waals surface area (Å²) in [5, 5.41) is 0.500. The number of hydrogen-bond acceptors (Lipinski definition) is 1. The summed E-state index contributed by atoms with van der Waals surface area (Å²) in [6, 6.07) is 11.4. The third kappa shape index (κ3) is 4.30. The molecule has 32 heavy (non-hydrogen) atoms. The fraction of sp³-hybridized carbons (Fsp3) is 0.444. The van der Waals surface area contributed by atoms with E-state index in [0.29, 0.717) is 22.7 Å². The highest BCUT2D eigenvalue weighted by atomic mass is 19.1. The van der Waals surface area contributed by atoms with E-state index in [1.807, 2.05) is 6.07 Å². The van der Waals surface area contributed by atoms with Crippen LogP contribution in [0.2, 0.25) is 0 Å². The van der Waals surface area contributed by atoms with Crippen LogP contribution in [0.5, 0.6) is 0 Å². The number of carbonyl (C=O) groups excluding carboxylic acids is 1. The smallest absolute Gasteiger partial charge is 0.223 e. The molecule has 2 aromatic carbocycles. The maximum absolute atomic E-state index is 14.8. The second-order valence-electron chi connectivity index (χ2n) is 9.28. The molecule has 0 aliphatic carbocycles. The standard InChI is InChI=1S/C27H32F2N2O/c1-4-6-25-18(3)17(2)13-14-31(25)26(32)15-21(19-9-11-20(28)12-10-19)22-16-30-24-8-5-7-23(29)27(22)24/h5,7-12,16-18,21,25,30H,4,6,13-15H2,1-3H3. The van der Waals surface area contributed by atoms with E-state index in [1.165, 1.54) is 18.2 Å². The van der Waals surface area contributed by atoms with E-state index in [1.54, 1.807) is 24.4 Å². The van der Waals surface area contributed by atoms with Crippen molar-refractivity contribution >= 4 is 16.8 Å². The lowest BCUT2D eigenvalue weighted by molar-refractivity contribution is -0.138. The average molecular weight is 439 g/mol. The summed E-state index contributed by atoms with van der Waals surface area (Å²) in [4.78, 5) is 18.8. The van der Waals surface area contributed by atoms with Crippen LogP contribution in [0.1, 0.15) is 63.5 Å². The van der Waals surface area contributed by atoms with Crippen LogP contribution in [0, 0.1) is 23.5 Å². The lowest BCUT2D eigenvalue weighted by atomic mass is 9.79. The van der Waals surface area contributed by atoms with Crippen LogP contribution in [-0.2, 0) is 4.79 Å². The molecule has 1 aromatic heterocycles. The van der Waals surface area contributed by atoms with Gasteiger partial charge in [0.15, 0.2) is 0 Å². The van der Waals surface area contributed by atoms with Crippen LogP contribution in [0.3, 0.4) is 0 Å². The van der Waals surface area contributed by atoms with Crippen LogP contribution in [0.25, 0.3) is 10.9 Å². The summed E-state index contributed by atoms with van der Waals surface area (Å²) in [6.45, 7) is 7.43. The van der Waals surface area contributed by atoms with Gasteiger partial charge in [-0.2, -0.15) is 0 Å². The van der Waals surface area contributed by atoms with Crippen LogP contribution in [0.4, 0.5) is 8.78 Å². The molecule has 4 unspecified atom stereocenters. The molecule has 0 spiro atoms. The number of hydrogen-bond donors (Lipinski definition) is 1. The molecule has 1 amide bonds. The monoisotopic (exact) mass is 438 g/mol. The predicted molar refractivity (Wildman–Crippen MR) is 124 cm³/mol. The van der Waals surface area contributed by atoms with Gasteiger partial charge in [0.2, 0.25) is 5.91 Å². The molecule has 4 rings (SSSR count). The molecule has 1 aliphatic rings. The van der Waals surface area contributed by atoms with E-state index in [0.717, 1.165) is 36.9 Å². The van der Waals surface area contributed by atoms with Crippen LogP contribution >= 0.6 is 0 Å². The van der Waals surface area contributed by atoms with E-state index in [2.05, 4.69) is 30.7 Å². The Hall–Kier alpha value is -2.69. The Balaban J connectivity index is 1.71. The van der Waals surface area contributed by atoms with Gasteiger partial charge in [0.1, 0.15) is 11.6 Å². The number of likely N-dealkylation sites (tertiary alicyclic amines) is 1. The highest BCUT2D eigenvalue weighted by Crippen LogP contribution is 2.37. The minimum atomic E-state index is -0.356. The molecule has 1 saturated heterocycles. The molecule has 2 heterocycles. The fourth-order valence-electron chi connectivity index (χ4n) is 5.29. The van der Waals surface area contributed by atoms with Gasteiger partial charge in [-0.1, -0.05) is 45.4 Å². The Kier molecular flexibility index (Phi) is 6.63. The van der Waals surface area contributed by atoms with Gasteiger partial charge in [0.05, 0.1) is 0 Å². The van der Waals surface area contributed by atoms with E-state index in [-0.39, 0.29) is 35.9 Å². The molecule has 1 fully saturated rings. The molecule has 3 aromatic rings. The molecule has 0 radical (unpaired) electrons. The summed E-state index contributed by atoms with van der Waals surface area (Å²) in [6.07, 6.45) is 5.03. The molecule has 5 heteroatoms. The number of halogens is 2. The summed E-state index contributed by atoms with van der Waals surface area (Å²) in [5.41, 5.74) is 2.25. The first-order chi connectivity index (χ1) is 15.4. The quantitative estimate of drug-likeness (QED) is 0.460. The highest BCUT2D eigenvalue weighted by molar-refractivity contribution is 5.86. The van der Waals surface area contributed by atoms with Crippen molar-refractivity contribution in [2.45, 2.75) is 58.4 Å². The maximum atomic E-state index is 14.8. The van der Waals surface area contributed by atoms with Gasteiger partial charge < -0.3 is 9.88 Å². The molecule has 3 nitrogen and oxygen atoms in total. The van der Waals surface area contributed by atoms with Crippen LogP contribution in [0.15, 0.2) is 48.7 Å². The minimum absolute atomic E-state index is 0.0854. The van der Waals surface area contributed by atoms with Crippen molar-refractivity contribution in [2.24, 2.45) is 11.8 Å². The Morgan fingerprint density at radius 1 is 1.16 bits per heavy atom. The molecular weight excluding hydrogens is 406 g/mol. The Morgan fingerprint density at radius 3 is 2.62 bits per heavy atom. The van der Waals surface area contributed by atoms with Crippen molar-refractivity contribution in [1.29, 1.82) is 0 Å². The second-order valence-corrected chi connectivity index (χ2v) is 9.28. The first-order valence-electron chi connectivity index (χ1n) is 11.7. The lowest BCUT2D eigenvalue weighted by Gasteiger charge is -2.44. The topological polar surface area (TPSA) is 36.1 Å². The molecular formula is C27H32F2N2O. The zero-order valence-electron chi connectivity index (χ0n) is 19.1. The second kappa shape index (κ2) is 9.43. The number of H-pyrrole nitrogens is 1. The van der Waals surface area contributed by atoms with E-state index in [4.69, 9.17) is 0 Å². The number of fused-ring (bicyclic) bond motifs is 1. The van der Waals surface area contributed by atoms with Crippen LogP contribution < -0.4 is 0 Å².